The fourth-order valence-corrected chi connectivity index (χ4v) is 3.79. The summed E-state index contributed by atoms with van der Waals surface area (Å²) in [4.78, 5) is 25.0. The first-order valence-corrected chi connectivity index (χ1v) is 10.8. The predicted molar refractivity (Wildman–Crippen MR) is 109 cm³/mol. The molecule has 0 aliphatic carbocycles. The number of sulfone groups is 1. The van der Waals surface area contributed by atoms with Crippen LogP contribution in [-0.4, -0.2) is 32.0 Å². The van der Waals surface area contributed by atoms with Gasteiger partial charge in [-0.25, -0.2) is 13.2 Å². The van der Waals surface area contributed by atoms with Crippen molar-refractivity contribution >= 4 is 21.6 Å². The van der Waals surface area contributed by atoms with E-state index in [1.54, 1.807) is 24.3 Å². The molecule has 0 spiro atoms. The van der Waals surface area contributed by atoms with E-state index in [4.69, 9.17) is 4.74 Å². The van der Waals surface area contributed by atoms with Crippen LogP contribution in [-0.2, 0) is 20.0 Å². The Morgan fingerprint density at radius 1 is 1.00 bits per heavy atom. The SMILES string of the molecule is CCS(=O)(=O)c1ccccc1C(=O)O[C@H](C)C(=O)c1ccc(C(C)(C)C)cc1. The summed E-state index contributed by atoms with van der Waals surface area (Å²) in [5, 5.41) is 0. The van der Waals surface area contributed by atoms with Crippen LogP contribution in [0, 0.1) is 0 Å². The van der Waals surface area contributed by atoms with Gasteiger partial charge in [0.1, 0.15) is 0 Å². The Kier molecular flexibility index (Phi) is 6.44. The average Bonchev–Trinajstić information content (AvgIpc) is 2.66. The first kappa shape index (κ1) is 21.8. The third kappa shape index (κ3) is 4.87. The Labute approximate surface area is 166 Å². The zero-order chi connectivity index (χ0) is 21.1. The molecule has 0 fully saturated rings. The molecule has 0 aromatic heterocycles. The van der Waals surface area contributed by atoms with Gasteiger partial charge in [-0.15, -0.1) is 0 Å². The highest BCUT2D eigenvalue weighted by Gasteiger charge is 2.25. The summed E-state index contributed by atoms with van der Waals surface area (Å²) in [5.41, 5.74) is 1.43. The Morgan fingerprint density at radius 2 is 1.57 bits per heavy atom. The minimum atomic E-state index is -3.59. The van der Waals surface area contributed by atoms with Gasteiger partial charge in [0.2, 0.25) is 5.78 Å². The molecule has 0 unspecified atom stereocenters. The molecule has 0 saturated carbocycles. The van der Waals surface area contributed by atoms with E-state index >= 15 is 0 Å². The van der Waals surface area contributed by atoms with Gasteiger partial charge in [0.25, 0.3) is 0 Å². The van der Waals surface area contributed by atoms with Gasteiger partial charge in [-0.3, -0.25) is 4.79 Å². The van der Waals surface area contributed by atoms with Crippen LogP contribution in [0.5, 0.6) is 0 Å². The molecule has 2 aromatic rings. The number of ether oxygens (including phenoxy) is 1. The predicted octanol–water partition coefficient (Wildman–Crippen LogP) is 4.21. The molecular weight excluding hydrogens is 376 g/mol. The van der Waals surface area contributed by atoms with Crippen LogP contribution in [0.15, 0.2) is 53.4 Å². The molecule has 1 atom stereocenters. The van der Waals surface area contributed by atoms with Crippen LogP contribution in [0.2, 0.25) is 0 Å². The van der Waals surface area contributed by atoms with Crippen molar-refractivity contribution < 1.29 is 22.7 Å². The number of carbonyl (C=O) groups is 2. The van der Waals surface area contributed by atoms with Gasteiger partial charge in [-0.2, -0.15) is 0 Å². The fraction of sp³-hybridized carbons (Fsp3) is 0.364. The van der Waals surface area contributed by atoms with E-state index in [0.29, 0.717) is 5.56 Å². The summed E-state index contributed by atoms with van der Waals surface area (Å²) in [6.07, 6.45) is -1.04. The van der Waals surface area contributed by atoms with E-state index in [1.165, 1.54) is 26.0 Å². The highest BCUT2D eigenvalue weighted by molar-refractivity contribution is 7.91. The van der Waals surface area contributed by atoms with E-state index in [2.05, 4.69) is 20.8 Å². The third-order valence-electron chi connectivity index (χ3n) is 4.51. The molecule has 2 aromatic carbocycles. The maximum atomic E-state index is 12.6. The third-order valence-corrected chi connectivity index (χ3v) is 6.30. The standard InChI is InChI=1S/C22H26O5S/c1-6-28(25,26)19-10-8-7-9-18(19)21(24)27-15(2)20(23)16-11-13-17(14-12-16)22(3,4)5/h7-15H,6H2,1-5H3/t15-/m1/s1. The lowest BCUT2D eigenvalue weighted by Crippen LogP contribution is -2.25. The number of rotatable bonds is 6. The second-order valence-electron chi connectivity index (χ2n) is 7.64. The molecule has 150 valence electrons. The van der Waals surface area contributed by atoms with Gasteiger partial charge in [0.15, 0.2) is 15.9 Å². The van der Waals surface area contributed by atoms with Gasteiger partial charge >= 0.3 is 5.97 Å². The van der Waals surface area contributed by atoms with Crippen molar-refractivity contribution in [1.29, 1.82) is 0 Å². The van der Waals surface area contributed by atoms with Crippen molar-refractivity contribution in [3.8, 4) is 0 Å². The summed E-state index contributed by atoms with van der Waals surface area (Å²) >= 11 is 0. The molecule has 28 heavy (non-hydrogen) atoms. The molecule has 0 saturated heterocycles. The van der Waals surface area contributed by atoms with E-state index in [1.807, 2.05) is 12.1 Å². The molecule has 0 N–H and O–H groups in total. The monoisotopic (exact) mass is 402 g/mol. The second kappa shape index (κ2) is 8.27. The molecule has 0 aliphatic heterocycles. The molecule has 0 amide bonds. The molecular formula is C22H26O5S. The Bertz CT molecular complexity index is 967. The number of benzene rings is 2. The topological polar surface area (TPSA) is 77.5 Å². The van der Waals surface area contributed by atoms with Gasteiger partial charge in [-0.05, 0) is 30.0 Å². The van der Waals surface area contributed by atoms with E-state index < -0.39 is 21.9 Å². The molecule has 0 heterocycles. The van der Waals surface area contributed by atoms with Crippen molar-refractivity contribution in [2.75, 3.05) is 5.75 Å². The zero-order valence-electron chi connectivity index (χ0n) is 16.9. The lowest BCUT2D eigenvalue weighted by atomic mass is 9.86. The fourth-order valence-electron chi connectivity index (χ4n) is 2.71. The molecule has 0 aliphatic rings. The summed E-state index contributed by atoms with van der Waals surface area (Å²) in [6.45, 7) is 9.22. The van der Waals surface area contributed by atoms with Crippen LogP contribution < -0.4 is 0 Å². The molecule has 2 rings (SSSR count). The van der Waals surface area contributed by atoms with E-state index in [9.17, 15) is 18.0 Å². The first-order valence-electron chi connectivity index (χ1n) is 9.15. The van der Waals surface area contributed by atoms with Gasteiger partial charge in [0.05, 0.1) is 16.2 Å². The van der Waals surface area contributed by atoms with Crippen molar-refractivity contribution in [2.24, 2.45) is 0 Å². The second-order valence-corrected chi connectivity index (χ2v) is 9.89. The summed E-state index contributed by atoms with van der Waals surface area (Å²) < 4.78 is 29.7. The van der Waals surface area contributed by atoms with Gasteiger partial charge in [0, 0.05) is 5.56 Å². The first-order chi connectivity index (χ1) is 13.0. The van der Waals surface area contributed by atoms with Crippen LogP contribution in [0.3, 0.4) is 0 Å². The number of ketones is 1. The normalized spacial score (nSPS) is 13.0. The minimum absolute atomic E-state index is 0.0336. The summed E-state index contributed by atoms with van der Waals surface area (Å²) in [6, 6.07) is 13.0. The lowest BCUT2D eigenvalue weighted by molar-refractivity contribution is 0.0315. The van der Waals surface area contributed by atoms with E-state index in [-0.39, 0.29) is 27.4 Å². The van der Waals surface area contributed by atoms with Gasteiger partial charge in [-0.1, -0.05) is 64.1 Å². The smallest absolute Gasteiger partial charge is 0.340 e. The quantitative estimate of drug-likeness (QED) is 0.534. The van der Waals surface area contributed by atoms with Crippen molar-refractivity contribution in [3.63, 3.8) is 0 Å². The summed E-state index contributed by atoms with van der Waals surface area (Å²) in [7, 11) is -3.59. The van der Waals surface area contributed by atoms with Crippen molar-refractivity contribution in [1.82, 2.24) is 0 Å². The number of hydrogen-bond acceptors (Lipinski definition) is 5. The zero-order valence-corrected chi connectivity index (χ0v) is 17.7. The maximum absolute atomic E-state index is 12.6. The molecule has 0 radical (unpaired) electrons. The highest BCUT2D eigenvalue weighted by Crippen LogP contribution is 2.23. The van der Waals surface area contributed by atoms with Crippen LogP contribution in [0.1, 0.15) is 60.9 Å². The molecule has 5 nitrogen and oxygen atoms in total. The molecule has 0 bridgehead atoms. The van der Waals surface area contributed by atoms with Crippen molar-refractivity contribution in [2.45, 2.75) is 51.0 Å². The maximum Gasteiger partial charge on any atom is 0.340 e. The largest absolute Gasteiger partial charge is 0.451 e. The van der Waals surface area contributed by atoms with Crippen molar-refractivity contribution in [3.05, 3.63) is 65.2 Å². The number of hydrogen-bond donors (Lipinski definition) is 0. The summed E-state index contributed by atoms with van der Waals surface area (Å²) in [5.74, 6) is -1.31. The van der Waals surface area contributed by atoms with Crippen LogP contribution in [0.25, 0.3) is 0 Å². The lowest BCUT2D eigenvalue weighted by Gasteiger charge is -2.19. The Morgan fingerprint density at radius 3 is 2.11 bits per heavy atom. The number of Topliss-reactive ketones (excluding diaryl/α,β-unsaturated/α-hetero) is 1. The minimum Gasteiger partial charge on any atom is -0.451 e. The number of carbonyl (C=O) groups excluding carboxylic acids is 2. The van der Waals surface area contributed by atoms with Crippen LogP contribution in [0.4, 0.5) is 0 Å². The Hall–Kier alpha value is -2.47. The van der Waals surface area contributed by atoms with Crippen LogP contribution >= 0.6 is 0 Å². The van der Waals surface area contributed by atoms with Gasteiger partial charge < -0.3 is 4.74 Å². The average molecular weight is 403 g/mol. The Balaban J connectivity index is 2.20. The molecule has 6 heteroatoms. The van der Waals surface area contributed by atoms with E-state index in [0.717, 1.165) is 5.56 Å². The highest BCUT2D eigenvalue weighted by atomic mass is 32.2. The number of esters is 1.